The number of hydrogen-bond acceptors (Lipinski definition) is 6. The number of rotatable bonds is 11. The summed E-state index contributed by atoms with van der Waals surface area (Å²) in [7, 11) is -1.85. The smallest absolute Gasteiger partial charge is 0.265 e. The van der Waals surface area contributed by atoms with Gasteiger partial charge in [-0.2, -0.15) is 8.42 Å². The van der Waals surface area contributed by atoms with Gasteiger partial charge in [-0.05, 0) is 97.8 Å². The first kappa shape index (κ1) is 29.8. The third-order valence-corrected chi connectivity index (χ3v) is 9.17. The van der Waals surface area contributed by atoms with Crippen molar-refractivity contribution in [1.29, 1.82) is 0 Å². The Morgan fingerprint density at radius 2 is 1.34 bits per heavy atom. The predicted octanol–water partition coefficient (Wildman–Crippen LogP) is 5.91. The summed E-state index contributed by atoms with van der Waals surface area (Å²) < 4.78 is 35.2. The first-order valence-corrected chi connectivity index (χ1v) is 16.7. The summed E-state index contributed by atoms with van der Waals surface area (Å²) >= 11 is 0. The van der Waals surface area contributed by atoms with Crippen LogP contribution < -0.4 is 4.74 Å². The highest BCUT2D eigenvalue weighted by molar-refractivity contribution is 7.86. The van der Waals surface area contributed by atoms with Crippen LogP contribution in [0.5, 0.6) is 5.75 Å². The molecular weight excluding hydrogens is 532 g/mol. The van der Waals surface area contributed by atoms with Gasteiger partial charge in [0.2, 0.25) is 0 Å². The normalized spacial score (nSPS) is 21.1. The lowest BCUT2D eigenvalue weighted by molar-refractivity contribution is -0.0243. The van der Waals surface area contributed by atoms with Gasteiger partial charge >= 0.3 is 0 Å². The second-order valence-corrected chi connectivity index (χ2v) is 13.5. The second-order valence-electron chi connectivity index (χ2n) is 11.9. The van der Waals surface area contributed by atoms with E-state index in [1.165, 1.54) is 35.1 Å². The molecule has 0 amide bonds. The Hall–Kier alpha value is -2.71. The molecule has 7 heteroatoms. The highest BCUT2D eigenvalue weighted by Crippen LogP contribution is 2.30. The molecule has 6 nitrogen and oxygen atoms in total. The minimum absolute atomic E-state index is 0.402. The van der Waals surface area contributed by atoms with Crippen LogP contribution in [0, 0.1) is 11.8 Å². The van der Waals surface area contributed by atoms with E-state index in [-0.39, 0.29) is 0 Å². The third kappa shape index (κ3) is 9.14. The van der Waals surface area contributed by atoms with Crippen LogP contribution in [-0.4, -0.2) is 57.4 Å². The van der Waals surface area contributed by atoms with Crippen molar-refractivity contribution in [2.45, 2.75) is 57.8 Å². The standard InChI is InChI=1S/C34H44N2O4S/c1-39-33-13-11-28(12-14-33)21-29-15-18-35(19-16-29)25-31-9-6-10-32(23-31)26-36-20-17-30(22-27-7-4-3-5-8-27)24-34(36)40-41(2,37)38/h3-14,23,29-30,34H,15-22,24-26H2,1-2H3. The minimum atomic E-state index is -3.55. The lowest BCUT2D eigenvalue weighted by Crippen LogP contribution is -2.45. The average molecular weight is 577 g/mol. The Morgan fingerprint density at radius 1 is 0.732 bits per heavy atom. The highest BCUT2D eigenvalue weighted by atomic mass is 32.2. The van der Waals surface area contributed by atoms with E-state index in [9.17, 15) is 8.42 Å². The Morgan fingerprint density at radius 3 is 2.02 bits per heavy atom. The molecule has 0 aliphatic carbocycles. The molecule has 0 N–H and O–H groups in total. The fourth-order valence-electron chi connectivity index (χ4n) is 6.42. The van der Waals surface area contributed by atoms with E-state index < -0.39 is 16.3 Å². The van der Waals surface area contributed by atoms with Gasteiger partial charge < -0.3 is 4.74 Å². The van der Waals surface area contributed by atoms with Crippen molar-refractivity contribution < 1.29 is 17.3 Å². The van der Waals surface area contributed by atoms with Crippen molar-refractivity contribution in [1.82, 2.24) is 9.80 Å². The van der Waals surface area contributed by atoms with Crippen molar-refractivity contribution in [3.8, 4) is 5.75 Å². The molecule has 41 heavy (non-hydrogen) atoms. The van der Waals surface area contributed by atoms with Crippen molar-refractivity contribution >= 4 is 10.1 Å². The molecule has 2 aliphatic heterocycles. The summed E-state index contributed by atoms with van der Waals surface area (Å²) in [6.45, 7) is 4.69. The van der Waals surface area contributed by atoms with Gasteiger partial charge in [-0.3, -0.25) is 14.0 Å². The number of likely N-dealkylation sites (tertiary alicyclic amines) is 2. The van der Waals surface area contributed by atoms with Crippen molar-refractivity contribution in [2.75, 3.05) is 33.0 Å². The molecule has 3 aromatic carbocycles. The first-order chi connectivity index (χ1) is 19.8. The Kier molecular flexibility index (Phi) is 10.1. The summed E-state index contributed by atoms with van der Waals surface area (Å²) in [5.41, 5.74) is 5.21. The molecule has 0 bridgehead atoms. The summed E-state index contributed by atoms with van der Waals surface area (Å²) in [6, 6.07) is 27.7. The third-order valence-electron chi connectivity index (χ3n) is 8.59. The quantitative estimate of drug-likeness (QED) is 0.265. The molecule has 0 saturated carbocycles. The largest absolute Gasteiger partial charge is 0.497 e. The van der Waals surface area contributed by atoms with Gasteiger partial charge in [0.25, 0.3) is 10.1 Å². The van der Waals surface area contributed by atoms with Crippen LogP contribution in [0.15, 0.2) is 78.9 Å². The van der Waals surface area contributed by atoms with Crippen LogP contribution in [0.3, 0.4) is 0 Å². The van der Waals surface area contributed by atoms with E-state index in [4.69, 9.17) is 8.92 Å². The Labute approximate surface area is 246 Å². The molecule has 2 aliphatic rings. The molecule has 3 aromatic rings. The van der Waals surface area contributed by atoms with Crippen LogP contribution in [0.25, 0.3) is 0 Å². The number of methoxy groups -OCH3 is 1. The van der Waals surface area contributed by atoms with Gasteiger partial charge in [-0.1, -0.05) is 66.7 Å². The van der Waals surface area contributed by atoms with Crippen LogP contribution in [0.2, 0.25) is 0 Å². The van der Waals surface area contributed by atoms with E-state index in [0.29, 0.717) is 18.9 Å². The minimum Gasteiger partial charge on any atom is -0.497 e. The second kappa shape index (κ2) is 14.0. The van der Waals surface area contributed by atoms with Gasteiger partial charge in [-0.15, -0.1) is 0 Å². The zero-order chi connectivity index (χ0) is 28.7. The Balaban J connectivity index is 1.14. The maximum Gasteiger partial charge on any atom is 0.265 e. The molecule has 0 radical (unpaired) electrons. The van der Waals surface area contributed by atoms with E-state index in [2.05, 4.69) is 82.6 Å². The SMILES string of the molecule is COc1ccc(CC2CCN(Cc3cccc(CN4CCC(Cc5ccccc5)CC4OS(C)(=O)=O)c3)CC2)cc1. The number of piperidine rings is 2. The number of nitrogens with zero attached hydrogens (tertiary/aromatic N) is 2. The average Bonchev–Trinajstić information content (AvgIpc) is 2.96. The molecule has 2 saturated heterocycles. The summed E-state index contributed by atoms with van der Waals surface area (Å²) in [6.07, 6.45) is 6.99. The summed E-state index contributed by atoms with van der Waals surface area (Å²) in [4.78, 5) is 4.76. The predicted molar refractivity (Wildman–Crippen MR) is 164 cm³/mol. The molecule has 0 aromatic heterocycles. The molecule has 2 fully saturated rings. The molecule has 220 valence electrons. The van der Waals surface area contributed by atoms with Gasteiger partial charge in [0.05, 0.1) is 13.4 Å². The van der Waals surface area contributed by atoms with Crippen molar-refractivity contribution in [3.63, 3.8) is 0 Å². The lowest BCUT2D eigenvalue weighted by Gasteiger charge is -2.38. The first-order valence-electron chi connectivity index (χ1n) is 14.9. The number of ether oxygens (including phenoxy) is 1. The maximum absolute atomic E-state index is 12.1. The van der Waals surface area contributed by atoms with E-state index >= 15 is 0 Å². The summed E-state index contributed by atoms with van der Waals surface area (Å²) in [5, 5.41) is 0. The molecule has 2 unspecified atom stereocenters. The van der Waals surface area contributed by atoms with Gasteiger partial charge in [0.15, 0.2) is 0 Å². The molecule has 2 heterocycles. The van der Waals surface area contributed by atoms with Crippen LogP contribution in [-0.2, 0) is 40.2 Å². The monoisotopic (exact) mass is 576 g/mol. The zero-order valence-corrected chi connectivity index (χ0v) is 25.3. The van der Waals surface area contributed by atoms with Crippen LogP contribution >= 0.6 is 0 Å². The van der Waals surface area contributed by atoms with Gasteiger partial charge in [-0.25, -0.2) is 0 Å². The molecule has 0 spiro atoms. The highest BCUT2D eigenvalue weighted by Gasteiger charge is 2.32. The number of hydrogen-bond donors (Lipinski definition) is 0. The van der Waals surface area contributed by atoms with Gasteiger partial charge in [0, 0.05) is 19.6 Å². The van der Waals surface area contributed by atoms with E-state index in [1.54, 1.807) is 7.11 Å². The van der Waals surface area contributed by atoms with Crippen molar-refractivity contribution in [2.24, 2.45) is 11.8 Å². The van der Waals surface area contributed by atoms with Crippen LogP contribution in [0.1, 0.15) is 47.9 Å². The summed E-state index contributed by atoms with van der Waals surface area (Å²) in [5.74, 6) is 2.04. The van der Waals surface area contributed by atoms with Gasteiger partial charge in [0.1, 0.15) is 12.0 Å². The zero-order valence-electron chi connectivity index (χ0n) is 24.5. The van der Waals surface area contributed by atoms with E-state index in [1.807, 2.05) is 6.07 Å². The molecule has 2 atom stereocenters. The molecular formula is C34H44N2O4S. The van der Waals surface area contributed by atoms with Crippen LogP contribution in [0.4, 0.5) is 0 Å². The Bertz CT molecular complexity index is 1340. The van der Waals surface area contributed by atoms with E-state index in [0.717, 1.165) is 63.4 Å². The lowest BCUT2D eigenvalue weighted by atomic mass is 9.89. The topological polar surface area (TPSA) is 59.1 Å². The molecule has 5 rings (SSSR count). The number of benzene rings is 3. The maximum atomic E-state index is 12.1. The van der Waals surface area contributed by atoms with Crippen molar-refractivity contribution in [3.05, 3.63) is 101 Å². The fraction of sp³-hybridized carbons (Fsp3) is 0.471. The fourth-order valence-corrected chi connectivity index (χ4v) is 7.03.